The summed E-state index contributed by atoms with van der Waals surface area (Å²) in [6.45, 7) is 3.72. The fourth-order valence-corrected chi connectivity index (χ4v) is 2.20. The molecule has 0 aromatic carbocycles. The quantitative estimate of drug-likeness (QED) is 0.830. The van der Waals surface area contributed by atoms with Gasteiger partial charge in [-0.05, 0) is 30.5 Å². The SMILES string of the molecule is OCCOC1CCN(Cc2ccncc2)CC1. The Bertz CT molecular complexity index is 310. The molecule has 2 heterocycles. The molecule has 1 aromatic rings. The fraction of sp³-hybridized carbons (Fsp3) is 0.615. The van der Waals surface area contributed by atoms with Crippen LogP contribution in [0.4, 0.5) is 0 Å². The van der Waals surface area contributed by atoms with Crippen LogP contribution in [0.15, 0.2) is 24.5 Å². The predicted octanol–water partition coefficient (Wildman–Crippen LogP) is 1.05. The summed E-state index contributed by atoms with van der Waals surface area (Å²) < 4.78 is 5.54. The molecule has 0 atom stereocenters. The lowest BCUT2D eigenvalue weighted by Gasteiger charge is -2.31. The van der Waals surface area contributed by atoms with Crippen LogP contribution < -0.4 is 0 Å². The van der Waals surface area contributed by atoms with E-state index in [0.717, 1.165) is 32.5 Å². The van der Waals surface area contributed by atoms with Crippen molar-refractivity contribution in [3.8, 4) is 0 Å². The van der Waals surface area contributed by atoms with Gasteiger partial charge < -0.3 is 9.84 Å². The average Bonchev–Trinajstić information content (AvgIpc) is 2.39. The highest BCUT2D eigenvalue weighted by Crippen LogP contribution is 2.15. The van der Waals surface area contributed by atoms with Crippen molar-refractivity contribution in [3.63, 3.8) is 0 Å². The molecule has 1 aliphatic rings. The van der Waals surface area contributed by atoms with Crippen molar-refractivity contribution in [2.75, 3.05) is 26.3 Å². The second-order valence-corrected chi connectivity index (χ2v) is 4.43. The molecule has 0 saturated carbocycles. The molecule has 0 radical (unpaired) electrons. The van der Waals surface area contributed by atoms with Gasteiger partial charge in [0.2, 0.25) is 0 Å². The van der Waals surface area contributed by atoms with E-state index in [-0.39, 0.29) is 6.61 Å². The van der Waals surface area contributed by atoms with Crippen LogP contribution in [0.1, 0.15) is 18.4 Å². The summed E-state index contributed by atoms with van der Waals surface area (Å²) in [5.74, 6) is 0. The first-order valence-electron chi connectivity index (χ1n) is 6.22. The standard InChI is InChI=1S/C13H20N2O2/c16-9-10-17-13-3-7-15(8-4-13)11-12-1-5-14-6-2-12/h1-2,5-6,13,16H,3-4,7-11H2. The van der Waals surface area contributed by atoms with E-state index < -0.39 is 0 Å². The van der Waals surface area contributed by atoms with E-state index in [1.165, 1.54) is 5.56 Å². The number of rotatable bonds is 5. The largest absolute Gasteiger partial charge is 0.394 e. The van der Waals surface area contributed by atoms with Crippen LogP contribution >= 0.6 is 0 Å². The van der Waals surface area contributed by atoms with Crippen molar-refractivity contribution in [1.82, 2.24) is 9.88 Å². The summed E-state index contributed by atoms with van der Waals surface area (Å²) in [6, 6.07) is 4.13. The summed E-state index contributed by atoms with van der Waals surface area (Å²) >= 11 is 0. The van der Waals surface area contributed by atoms with E-state index in [1.807, 2.05) is 12.4 Å². The van der Waals surface area contributed by atoms with Crippen LogP contribution in [0.5, 0.6) is 0 Å². The molecular formula is C13H20N2O2. The number of aliphatic hydroxyl groups excluding tert-OH is 1. The number of likely N-dealkylation sites (tertiary alicyclic amines) is 1. The minimum atomic E-state index is 0.122. The Kier molecular flexibility index (Phi) is 4.91. The Morgan fingerprint density at radius 1 is 1.29 bits per heavy atom. The molecule has 1 fully saturated rings. The highest BCUT2D eigenvalue weighted by molar-refractivity contribution is 5.09. The Morgan fingerprint density at radius 3 is 2.65 bits per heavy atom. The van der Waals surface area contributed by atoms with Crippen LogP contribution in [0, 0.1) is 0 Å². The van der Waals surface area contributed by atoms with Crippen LogP contribution in [-0.4, -0.2) is 47.4 Å². The zero-order valence-electron chi connectivity index (χ0n) is 10.1. The summed E-state index contributed by atoms with van der Waals surface area (Å²) in [7, 11) is 0. The zero-order valence-corrected chi connectivity index (χ0v) is 10.1. The molecule has 0 unspecified atom stereocenters. The molecule has 1 aromatic heterocycles. The molecule has 0 spiro atoms. The van der Waals surface area contributed by atoms with Crippen molar-refractivity contribution in [2.45, 2.75) is 25.5 Å². The third kappa shape index (κ3) is 4.07. The van der Waals surface area contributed by atoms with Crippen molar-refractivity contribution in [2.24, 2.45) is 0 Å². The van der Waals surface area contributed by atoms with Gasteiger partial charge in [0.1, 0.15) is 0 Å². The van der Waals surface area contributed by atoms with Crippen LogP contribution in [0.3, 0.4) is 0 Å². The maximum atomic E-state index is 8.70. The summed E-state index contributed by atoms with van der Waals surface area (Å²) in [6.07, 6.45) is 6.13. The molecule has 0 amide bonds. The minimum absolute atomic E-state index is 0.122. The molecular weight excluding hydrogens is 216 g/mol. The lowest BCUT2D eigenvalue weighted by molar-refractivity contribution is -0.00901. The number of hydrogen-bond acceptors (Lipinski definition) is 4. The fourth-order valence-electron chi connectivity index (χ4n) is 2.20. The molecule has 1 saturated heterocycles. The van der Waals surface area contributed by atoms with Crippen molar-refractivity contribution in [1.29, 1.82) is 0 Å². The second kappa shape index (κ2) is 6.69. The lowest BCUT2D eigenvalue weighted by atomic mass is 10.1. The van der Waals surface area contributed by atoms with Crippen LogP contribution in [0.25, 0.3) is 0 Å². The first-order chi connectivity index (χ1) is 8.38. The van der Waals surface area contributed by atoms with Gasteiger partial charge in [-0.2, -0.15) is 0 Å². The molecule has 4 heteroatoms. The van der Waals surface area contributed by atoms with E-state index in [1.54, 1.807) is 0 Å². The van der Waals surface area contributed by atoms with Gasteiger partial charge in [-0.1, -0.05) is 0 Å². The van der Waals surface area contributed by atoms with E-state index in [0.29, 0.717) is 12.7 Å². The van der Waals surface area contributed by atoms with Crippen LogP contribution in [-0.2, 0) is 11.3 Å². The number of aromatic nitrogens is 1. The third-order valence-corrected chi connectivity index (χ3v) is 3.13. The highest BCUT2D eigenvalue weighted by atomic mass is 16.5. The maximum Gasteiger partial charge on any atom is 0.0701 e. The summed E-state index contributed by atoms with van der Waals surface area (Å²) in [4.78, 5) is 6.46. The number of aliphatic hydroxyl groups is 1. The smallest absolute Gasteiger partial charge is 0.0701 e. The van der Waals surface area contributed by atoms with Crippen molar-refractivity contribution >= 4 is 0 Å². The van der Waals surface area contributed by atoms with Gasteiger partial charge in [0.05, 0.1) is 19.3 Å². The van der Waals surface area contributed by atoms with E-state index in [4.69, 9.17) is 9.84 Å². The van der Waals surface area contributed by atoms with Gasteiger partial charge in [-0.25, -0.2) is 0 Å². The number of pyridine rings is 1. The highest BCUT2D eigenvalue weighted by Gasteiger charge is 2.19. The molecule has 94 valence electrons. The predicted molar refractivity (Wildman–Crippen MR) is 65.6 cm³/mol. The Hall–Kier alpha value is -0.970. The maximum absolute atomic E-state index is 8.70. The van der Waals surface area contributed by atoms with Crippen molar-refractivity contribution < 1.29 is 9.84 Å². The van der Waals surface area contributed by atoms with Crippen LogP contribution in [0.2, 0.25) is 0 Å². The van der Waals surface area contributed by atoms with Crippen molar-refractivity contribution in [3.05, 3.63) is 30.1 Å². The Balaban J connectivity index is 1.72. The first kappa shape index (κ1) is 12.5. The minimum Gasteiger partial charge on any atom is -0.394 e. The van der Waals surface area contributed by atoms with Gasteiger partial charge in [-0.15, -0.1) is 0 Å². The number of nitrogens with zero attached hydrogens (tertiary/aromatic N) is 2. The zero-order chi connectivity index (χ0) is 11.9. The first-order valence-corrected chi connectivity index (χ1v) is 6.22. The molecule has 2 rings (SSSR count). The molecule has 0 aliphatic carbocycles. The van der Waals surface area contributed by atoms with Gasteiger partial charge in [-0.3, -0.25) is 9.88 Å². The monoisotopic (exact) mass is 236 g/mol. The Labute approximate surface area is 102 Å². The number of ether oxygens (including phenoxy) is 1. The van der Waals surface area contributed by atoms with E-state index >= 15 is 0 Å². The molecule has 1 aliphatic heterocycles. The van der Waals surface area contributed by atoms with Gasteiger partial charge in [0.15, 0.2) is 0 Å². The molecule has 4 nitrogen and oxygen atoms in total. The topological polar surface area (TPSA) is 45.6 Å². The second-order valence-electron chi connectivity index (χ2n) is 4.43. The van der Waals surface area contributed by atoms with E-state index in [2.05, 4.69) is 22.0 Å². The average molecular weight is 236 g/mol. The number of hydrogen-bond donors (Lipinski definition) is 1. The van der Waals surface area contributed by atoms with E-state index in [9.17, 15) is 0 Å². The molecule has 0 bridgehead atoms. The summed E-state index contributed by atoms with van der Waals surface area (Å²) in [5.41, 5.74) is 1.31. The van der Waals surface area contributed by atoms with Gasteiger partial charge in [0, 0.05) is 32.0 Å². The normalized spacial score (nSPS) is 18.4. The Morgan fingerprint density at radius 2 is 2.00 bits per heavy atom. The lowest BCUT2D eigenvalue weighted by Crippen LogP contribution is -2.36. The molecule has 17 heavy (non-hydrogen) atoms. The van der Waals surface area contributed by atoms with Gasteiger partial charge >= 0.3 is 0 Å². The summed E-state index contributed by atoms with van der Waals surface area (Å²) in [5, 5.41) is 8.70. The molecule has 1 N–H and O–H groups in total. The van der Waals surface area contributed by atoms with Gasteiger partial charge in [0.25, 0.3) is 0 Å². The number of piperidine rings is 1. The third-order valence-electron chi connectivity index (χ3n) is 3.13.